The molecule has 96 valence electrons. The lowest BCUT2D eigenvalue weighted by Gasteiger charge is -2.39. The fraction of sp³-hybridized carbons (Fsp3) is 1.00. The van der Waals surface area contributed by atoms with Crippen molar-refractivity contribution < 1.29 is 0 Å². The van der Waals surface area contributed by atoms with E-state index in [9.17, 15) is 0 Å². The molecule has 0 radical (unpaired) electrons. The number of hydrogen-bond acceptors (Lipinski definition) is 2. The van der Waals surface area contributed by atoms with Crippen LogP contribution in [0.1, 0.15) is 52.9 Å². The van der Waals surface area contributed by atoms with Gasteiger partial charge in [-0.2, -0.15) is 0 Å². The number of nitrogens with two attached hydrogens (primary N) is 1. The third-order valence-corrected chi connectivity index (χ3v) is 4.25. The van der Waals surface area contributed by atoms with Crippen LogP contribution in [-0.4, -0.2) is 30.6 Å². The summed E-state index contributed by atoms with van der Waals surface area (Å²) in [5, 5.41) is 0. The van der Waals surface area contributed by atoms with E-state index >= 15 is 0 Å². The minimum absolute atomic E-state index is 0.831. The van der Waals surface area contributed by atoms with Gasteiger partial charge in [0, 0.05) is 6.04 Å². The van der Waals surface area contributed by atoms with E-state index < -0.39 is 0 Å². The molecule has 0 heterocycles. The Hall–Kier alpha value is -0.0800. The van der Waals surface area contributed by atoms with Crippen LogP contribution in [-0.2, 0) is 0 Å². The second kappa shape index (κ2) is 7.29. The highest BCUT2D eigenvalue weighted by molar-refractivity contribution is 4.82. The van der Waals surface area contributed by atoms with Crippen molar-refractivity contribution in [1.29, 1.82) is 0 Å². The molecule has 3 atom stereocenters. The van der Waals surface area contributed by atoms with E-state index in [1.165, 1.54) is 38.8 Å². The predicted octanol–water partition coefficient (Wildman–Crippen LogP) is 2.87. The minimum Gasteiger partial charge on any atom is -0.330 e. The lowest BCUT2D eigenvalue weighted by molar-refractivity contribution is 0.108. The fourth-order valence-electron chi connectivity index (χ4n) is 2.91. The second-order valence-electron chi connectivity index (χ2n) is 5.60. The highest BCUT2D eigenvalue weighted by Crippen LogP contribution is 2.32. The Labute approximate surface area is 102 Å². The Kier molecular flexibility index (Phi) is 6.37. The van der Waals surface area contributed by atoms with Gasteiger partial charge in [0.2, 0.25) is 0 Å². The highest BCUT2D eigenvalue weighted by Gasteiger charge is 2.27. The molecule has 1 aliphatic carbocycles. The fourth-order valence-corrected chi connectivity index (χ4v) is 2.91. The number of nitrogens with zero attached hydrogens (tertiary/aromatic N) is 1. The first-order valence-corrected chi connectivity index (χ1v) is 7.13. The van der Waals surface area contributed by atoms with Gasteiger partial charge in [0.25, 0.3) is 0 Å². The van der Waals surface area contributed by atoms with Gasteiger partial charge in [-0.1, -0.05) is 20.8 Å². The highest BCUT2D eigenvalue weighted by atomic mass is 15.1. The zero-order chi connectivity index (χ0) is 12.0. The second-order valence-corrected chi connectivity index (χ2v) is 5.60. The SMILES string of the molecule is CCCN(CCCN)C1CCC(C)C(C)C1. The summed E-state index contributed by atoms with van der Waals surface area (Å²) < 4.78 is 0. The van der Waals surface area contributed by atoms with Gasteiger partial charge >= 0.3 is 0 Å². The van der Waals surface area contributed by atoms with Crippen molar-refractivity contribution in [2.75, 3.05) is 19.6 Å². The average molecular weight is 226 g/mol. The van der Waals surface area contributed by atoms with Gasteiger partial charge in [-0.25, -0.2) is 0 Å². The van der Waals surface area contributed by atoms with Crippen LogP contribution in [0.3, 0.4) is 0 Å². The third-order valence-electron chi connectivity index (χ3n) is 4.25. The predicted molar refractivity (Wildman–Crippen MR) is 71.5 cm³/mol. The van der Waals surface area contributed by atoms with E-state index in [1.807, 2.05) is 0 Å². The van der Waals surface area contributed by atoms with Crippen molar-refractivity contribution in [2.45, 2.75) is 58.9 Å². The maximum atomic E-state index is 5.63. The molecule has 1 fully saturated rings. The van der Waals surface area contributed by atoms with Gasteiger partial charge in [-0.05, 0) is 63.6 Å². The third kappa shape index (κ3) is 4.06. The zero-order valence-corrected chi connectivity index (χ0v) is 11.4. The lowest BCUT2D eigenvalue weighted by atomic mass is 9.78. The molecule has 0 bridgehead atoms. The summed E-state index contributed by atoms with van der Waals surface area (Å²) in [5.41, 5.74) is 5.63. The molecule has 0 saturated heterocycles. The summed E-state index contributed by atoms with van der Waals surface area (Å²) in [5.74, 6) is 1.82. The number of rotatable bonds is 6. The van der Waals surface area contributed by atoms with Gasteiger partial charge in [0.05, 0.1) is 0 Å². The maximum Gasteiger partial charge on any atom is 0.00980 e. The molecular weight excluding hydrogens is 196 g/mol. The Morgan fingerprint density at radius 1 is 1.12 bits per heavy atom. The molecule has 2 N–H and O–H groups in total. The first-order chi connectivity index (χ1) is 7.69. The first-order valence-electron chi connectivity index (χ1n) is 7.13. The number of hydrogen-bond donors (Lipinski definition) is 1. The summed E-state index contributed by atoms with van der Waals surface area (Å²) in [6.07, 6.45) is 6.63. The summed E-state index contributed by atoms with van der Waals surface area (Å²) in [4.78, 5) is 2.69. The Balaban J connectivity index is 2.43. The van der Waals surface area contributed by atoms with Crippen molar-refractivity contribution in [3.63, 3.8) is 0 Å². The van der Waals surface area contributed by atoms with Crippen molar-refractivity contribution >= 4 is 0 Å². The molecule has 0 spiro atoms. The van der Waals surface area contributed by atoms with Crippen LogP contribution >= 0.6 is 0 Å². The molecule has 1 saturated carbocycles. The van der Waals surface area contributed by atoms with Gasteiger partial charge < -0.3 is 10.6 Å². The molecule has 0 amide bonds. The van der Waals surface area contributed by atoms with Crippen LogP contribution in [0.25, 0.3) is 0 Å². The minimum atomic E-state index is 0.831. The van der Waals surface area contributed by atoms with Crippen molar-refractivity contribution in [2.24, 2.45) is 17.6 Å². The van der Waals surface area contributed by atoms with E-state index in [0.29, 0.717) is 0 Å². The van der Waals surface area contributed by atoms with E-state index in [1.54, 1.807) is 0 Å². The summed E-state index contributed by atoms with van der Waals surface area (Å²) in [6, 6.07) is 0.831. The van der Waals surface area contributed by atoms with Gasteiger partial charge in [-0.3, -0.25) is 0 Å². The molecule has 2 nitrogen and oxygen atoms in total. The summed E-state index contributed by atoms with van der Waals surface area (Å²) in [6.45, 7) is 10.4. The summed E-state index contributed by atoms with van der Waals surface area (Å²) in [7, 11) is 0. The molecule has 0 aromatic rings. The molecule has 1 rings (SSSR count). The molecule has 3 unspecified atom stereocenters. The first kappa shape index (κ1) is 14.0. The average Bonchev–Trinajstić information content (AvgIpc) is 2.28. The molecule has 0 aliphatic heterocycles. The van der Waals surface area contributed by atoms with Crippen molar-refractivity contribution in [1.82, 2.24) is 4.90 Å². The molecule has 1 aliphatic rings. The monoisotopic (exact) mass is 226 g/mol. The molecule has 0 aromatic heterocycles. The van der Waals surface area contributed by atoms with Crippen LogP contribution in [0.5, 0.6) is 0 Å². The quantitative estimate of drug-likeness (QED) is 0.754. The lowest BCUT2D eigenvalue weighted by Crippen LogP contribution is -2.41. The van der Waals surface area contributed by atoms with E-state index in [2.05, 4.69) is 25.7 Å². The van der Waals surface area contributed by atoms with Crippen LogP contribution in [0.15, 0.2) is 0 Å². The van der Waals surface area contributed by atoms with Crippen LogP contribution in [0.2, 0.25) is 0 Å². The Morgan fingerprint density at radius 3 is 2.44 bits per heavy atom. The normalized spacial score (nSPS) is 30.9. The van der Waals surface area contributed by atoms with Crippen LogP contribution in [0, 0.1) is 11.8 Å². The van der Waals surface area contributed by atoms with Crippen LogP contribution in [0.4, 0.5) is 0 Å². The van der Waals surface area contributed by atoms with Crippen molar-refractivity contribution in [3.05, 3.63) is 0 Å². The largest absolute Gasteiger partial charge is 0.330 e. The smallest absolute Gasteiger partial charge is 0.00980 e. The van der Waals surface area contributed by atoms with Gasteiger partial charge in [0.15, 0.2) is 0 Å². The van der Waals surface area contributed by atoms with Crippen LogP contribution < -0.4 is 5.73 Å². The van der Waals surface area contributed by atoms with E-state index in [0.717, 1.165) is 30.8 Å². The molecular formula is C14H30N2. The standard InChI is InChI=1S/C14H30N2/c1-4-9-16(10-5-8-15)14-7-6-12(2)13(3)11-14/h12-14H,4-11,15H2,1-3H3. The Morgan fingerprint density at radius 2 is 1.88 bits per heavy atom. The summed E-state index contributed by atoms with van der Waals surface area (Å²) >= 11 is 0. The Bertz CT molecular complexity index is 180. The molecule has 2 heteroatoms. The molecule has 0 aromatic carbocycles. The molecule has 16 heavy (non-hydrogen) atoms. The topological polar surface area (TPSA) is 29.3 Å². The van der Waals surface area contributed by atoms with Gasteiger partial charge in [0.1, 0.15) is 0 Å². The van der Waals surface area contributed by atoms with Crippen molar-refractivity contribution in [3.8, 4) is 0 Å². The zero-order valence-electron chi connectivity index (χ0n) is 11.4. The van der Waals surface area contributed by atoms with Gasteiger partial charge in [-0.15, -0.1) is 0 Å². The van der Waals surface area contributed by atoms with E-state index in [-0.39, 0.29) is 0 Å². The maximum absolute atomic E-state index is 5.63. The van der Waals surface area contributed by atoms with E-state index in [4.69, 9.17) is 5.73 Å².